The number of hydrogen-bond acceptors (Lipinski definition) is 7. The first-order valence-electron chi connectivity index (χ1n) is 8.46. The third-order valence-corrected chi connectivity index (χ3v) is 4.30. The van der Waals surface area contributed by atoms with Crippen molar-refractivity contribution >= 4 is 17.1 Å². The number of hydrogen-bond donors (Lipinski definition) is 1. The summed E-state index contributed by atoms with van der Waals surface area (Å²) in [6, 6.07) is 8.71. The van der Waals surface area contributed by atoms with E-state index in [2.05, 4.69) is 25.3 Å². The van der Waals surface area contributed by atoms with E-state index in [0.29, 0.717) is 17.9 Å². The molecule has 1 aliphatic rings. The summed E-state index contributed by atoms with van der Waals surface area (Å²) in [4.78, 5) is 11.2. The molecule has 3 heterocycles. The van der Waals surface area contributed by atoms with Crippen LogP contribution in [0.1, 0.15) is 31.5 Å². The summed E-state index contributed by atoms with van der Waals surface area (Å²) in [6.45, 7) is 4.68. The highest BCUT2D eigenvalue weighted by Gasteiger charge is 2.22. The largest absolute Gasteiger partial charge is 0.424 e. The van der Waals surface area contributed by atoms with Crippen molar-refractivity contribution < 1.29 is 8.94 Å². The number of oxazole rings is 1. The van der Waals surface area contributed by atoms with Gasteiger partial charge in [-0.25, -0.2) is 0 Å². The van der Waals surface area contributed by atoms with Crippen LogP contribution in [-0.2, 0) is 13.0 Å². The number of aromatic nitrogens is 3. The number of piperidine rings is 1. The van der Waals surface area contributed by atoms with Crippen LogP contribution >= 0.6 is 0 Å². The predicted molar refractivity (Wildman–Crippen MR) is 89.6 cm³/mol. The average Bonchev–Trinajstić information content (AvgIpc) is 3.21. The molecule has 2 aromatic heterocycles. The highest BCUT2D eigenvalue weighted by Crippen LogP contribution is 2.21. The molecule has 3 aromatic rings. The summed E-state index contributed by atoms with van der Waals surface area (Å²) in [5.41, 5.74) is 1.69. The van der Waals surface area contributed by atoms with Crippen LogP contribution in [0.4, 0.5) is 6.01 Å². The maximum Gasteiger partial charge on any atom is 0.295 e. The molecule has 0 unspecified atom stereocenters. The van der Waals surface area contributed by atoms with Crippen LogP contribution in [0.2, 0.25) is 0 Å². The molecule has 0 saturated carbocycles. The Morgan fingerprint density at radius 2 is 2.21 bits per heavy atom. The van der Waals surface area contributed by atoms with Gasteiger partial charge in [-0.3, -0.25) is 4.90 Å². The van der Waals surface area contributed by atoms with E-state index in [1.165, 1.54) is 0 Å². The van der Waals surface area contributed by atoms with Crippen LogP contribution in [0.3, 0.4) is 0 Å². The van der Waals surface area contributed by atoms with E-state index in [0.717, 1.165) is 55.8 Å². The number of benzene rings is 1. The fourth-order valence-corrected chi connectivity index (χ4v) is 3.12. The maximum atomic E-state index is 5.76. The van der Waals surface area contributed by atoms with Gasteiger partial charge in [0, 0.05) is 19.0 Å². The van der Waals surface area contributed by atoms with Crippen LogP contribution in [0.5, 0.6) is 0 Å². The number of likely N-dealkylation sites (tertiary alicyclic amines) is 1. The molecule has 0 radical (unpaired) electrons. The SMILES string of the molecule is CCc1nc(CN2CCC[C@H](Nc3nc4ccccc4o3)C2)no1. The van der Waals surface area contributed by atoms with Gasteiger partial charge in [0.1, 0.15) is 5.52 Å². The number of aryl methyl sites for hydroxylation is 1. The number of nitrogens with zero attached hydrogens (tertiary/aromatic N) is 4. The van der Waals surface area contributed by atoms with E-state index in [9.17, 15) is 0 Å². The van der Waals surface area contributed by atoms with Crippen molar-refractivity contribution in [3.8, 4) is 0 Å². The third kappa shape index (κ3) is 3.26. The Morgan fingerprint density at radius 3 is 3.04 bits per heavy atom. The van der Waals surface area contributed by atoms with E-state index in [4.69, 9.17) is 8.94 Å². The molecule has 0 aliphatic carbocycles. The second-order valence-corrected chi connectivity index (χ2v) is 6.16. The molecule has 1 aliphatic heterocycles. The summed E-state index contributed by atoms with van der Waals surface area (Å²) in [6.07, 6.45) is 2.99. The summed E-state index contributed by atoms with van der Waals surface area (Å²) < 4.78 is 10.9. The second kappa shape index (κ2) is 6.60. The van der Waals surface area contributed by atoms with Crippen LogP contribution < -0.4 is 5.32 Å². The molecule has 1 fully saturated rings. The molecule has 1 saturated heterocycles. The van der Waals surface area contributed by atoms with Gasteiger partial charge in [0.15, 0.2) is 11.4 Å². The normalized spacial score (nSPS) is 19.0. The maximum absolute atomic E-state index is 5.76. The van der Waals surface area contributed by atoms with Crippen LogP contribution in [-0.4, -0.2) is 39.2 Å². The summed E-state index contributed by atoms with van der Waals surface area (Å²) >= 11 is 0. The highest BCUT2D eigenvalue weighted by molar-refractivity contribution is 5.74. The Morgan fingerprint density at radius 1 is 1.29 bits per heavy atom. The van der Waals surface area contributed by atoms with E-state index in [1.54, 1.807) is 0 Å². The average molecular weight is 327 g/mol. The van der Waals surface area contributed by atoms with Crippen LogP contribution in [0.25, 0.3) is 11.1 Å². The molecular weight excluding hydrogens is 306 g/mol. The summed E-state index contributed by atoms with van der Waals surface area (Å²) in [5, 5.41) is 7.46. The van der Waals surface area contributed by atoms with E-state index in [1.807, 2.05) is 31.2 Å². The minimum Gasteiger partial charge on any atom is -0.424 e. The molecule has 7 heteroatoms. The number of rotatable bonds is 5. The number of nitrogens with one attached hydrogen (secondary N) is 1. The third-order valence-electron chi connectivity index (χ3n) is 4.30. The van der Waals surface area contributed by atoms with Gasteiger partial charge in [-0.1, -0.05) is 24.2 Å². The molecule has 24 heavy (non-hydrogen) atoms. The van der Waals surface area contributed by atoms with Gasteiger partial charge >= 0.3 is 0 Å². The van der Waals surface area contributed by atoms with Crippen molar-refractivity contribution in [2.24, 2.45) is 0 Å². The van der Waals surface area contributed by atoms with Gasteiger partial charge in [-0.05, 0) is 31.5 Å². The standard InChI is InChI=1S/C17H21N5O2/c1-2-16-20-15(21-24-16)11-22-9-5-6-12(10-22)18-17-19-13-7-3-4-8-14(13)23-17/h3-4,7-8,12H,2,5-6,9-11H2,1H3,(H,18,19)/t12-/m0/s1. The Labute approximate surface area is 140 Å². The van der Waals surface area contributed by atoms with Gasteiger partial charge in [-0.15, -0.1) is 0 Å². The molecule has 0 bridgehead atoms. The molecule has 7 nitrogen and oxygen atoms in total. The first-order valence-corrected chi connectivity index (χ1v) is 8.46. The van der Waals surface area contributed by atoms with Crippen molar-refractivity contribution in [3.05, 3.63) is 36.0 Å². The Hall–Kier alpha value is -2.41. The van der Waals surface area contributed by atoms with Crippen LogP contribution in [0.15, 0.2) is 33.2 Å². The van der Waals surface area contributed by atoms with Gasteiger partial charge in [0.2, 0.25) is 5.89 Å². The van der Waals surface area contributed by atoms with Crippen molar-refractivity contribution in [1.82, 2.24) is 20.0 Å². The zero-order valence-electron chi connectivity index (χ0n) is 13.7. The molecule has 0 spiro atoms. The van der Waals surface area contributed by atoms with Crippen molar-refractivity contribution in [1.29, 1.82) is 0 Å². The highest BCUT2D eigenvalue weighted by atomic mass is 16.5. The minimum atomic E-state index is 0.310. The fourth-order valence-electron chi connectivity index (χ4n) is 3.12. The number of anilines is 1. The quantitative estimate of drug-likeness (QED) is 0.771. The lowest BCUT2D eigenvalue weighted by molar-refractivity contribution is 0.200. The summed E-state index contributed by atoms with van der Waals surface area (Å²) in [5.74, 6) is 1.46. The molecule has 0 amide bonds. The van der Waals surface area contributed by atoms with Gasteiger partial charge < -0.3 is 14.3 Å². The molecule has 1 N–H and O–H groups in total. The first-order chi connectivity index (χ1) is 11.8. The monoisotopic (exact) mass is 327 g/mol. The Balaban J connectivity index is 1.39. The first kappa shape index (κ1) is 15.1. The molecular formula is C17H21N5O2. The topological polar surface area (TPSA) is 80.2 Å². The van der Waals surface area contributed by atoms with Crippen LogP contribution in [0, 0.1) is 0 Å². The number of para-hydroxylation sites is 2. The summed E-state index contributed by atoms with van der Waals surface area (Å²) in [7, 11) is 0. The van der Waals surface area contributed by atoms with Crippen molar-refractivity contribution in [3.63, 3.8) is 0 Å². The van der Waals surface area contributed by atoms with Gasteiger partial charge in [0.05, 0.1) is 6.54 Å². The number of fused-ring (bicyclic) bond motifs is 1. The zero-order chi connectivity index (χ0) is 16.4. The van der Waals surface area contributed by atoms with E-state index < -0.39 is 0 Å². The Bertz CT molecular complexity index is 779. The molecule has 1 atom stereocenters. The minimum absolute atomic E-state index is 0.310. The Kier molecular flexibility index (Phi) is 4.17. The van der Waals surface area contributed by atoms with Gasteiger partial charge in [-0.2, -0.15) is 9.97 Å². The predicted octanol–water partition coefficient (Wildman–Crippen LogP) is 2.85. The van der Waals surface area contributed by atoms with E-state index in [-0.39, 0.29) is 0 Å². The molecule has 4 rings (SSSR count). The molecule has 126 valence electrons. The fraction of sp³-hybridized carbons (Fsp3) is 0.471. The van der Waals surface area contributed by atoms with E-state index >= 15 is 0 Å². The van der Waals surface area contributed by atoms with Crippen molar-refractivity contribution in [2.45, 2.75) is 38.8 Å². The lowest BCUT2D eigenvalue weighted by Crippen LogP contribution is -2.41. The van der Waals surface area contributed by atoms with Crippen molar-refractivity contribution in [2.75, 3.05) is 18.4 Å². The molecule has 1 aromatic carbocycles. The van der Waals surface area contributed by atoms with Gasteiger partial charge in [0.25, 0.3) is 6.01 Å². The zero-order valence-corrected chi connectivity index (χ0v) is 13.7. The second-order valence-electron chi connectivity index (χ2n) is 6.16. The smallest absolute Gasteiger partial charge is 0.295 e. The lowest BCUT2D eigenvalue weighted by Gasteiger charge is -2.31. The lowest BCUT2D eigenvalue weighted by atomic mass is 10.1.